The summed E-state index contributed by atoms with van der Waals surface area (Å²) in [7, 11) is 3.96. The topological polar surface area (TPSA) is 249 Å². The third-order valence-corrected chi connectivity index (χ3v) is 18.3. The Balaban J connectivity index is 0.678. The number of hydrogen-bond donors (Lipinski definition) is 6. The summed E-state index contributed by atoms with van der Waals surface area (Å²) in [6.45, 7) is 17.3. The predicted octanol–water partition coefficient (Wildman–Crippen LogP) is 6.20. The smallest absolute Gasteiger partial charge is 0.319 e. The fourth-order valence-electron chi connectivity index (χ4n) is 13.1. The van der Waals surface area contributed by atoms with E-state index in [0.29, 0.717) is 73.3 Å². The van der Waals surface area contributed by atoms with Gasteiger partial charge in [-0.3, -0.25) is 39.8 Å². The lowest BCUT2D eigenvalue weighted by molar-refractivity contribution is -0.162. The first-order valence-corrected chi connectivity index (χ1v) is 31.1. The first-order valence-electron chi connectivity index (χ1n) is 31.1. The van der Waals surface area contributed by atoms with Gasteiger partial charge >= 0.3 is 5.97 Å². The van der Waals surface area contributed by atoms with Crippen molar-refractivity contribution in [3.05, 3.63) is 107 Å². The average molecular weight is 1180 g/mol. The number of nitrogens with two attached hydrogens (primary N) is 1. The van der Waals surface area contributed by atoms with Crippen molar-refractivity contribution in [2.75, 3.05) is 96.4 Å². The van der Waals surface area contributed by atoms with Crippen LogP contribution in [0.25, 0.3) is 5.70 Å². The molecule has 464 valence electrons. The number of unbranched alkanes of at least 4 members (excludes halogenated alkanes) is 1. The molecule has 6 atom stereocenters. The summed E-state index contributed by atoms with van der Waals surface area (Å²) in [6.07, 6.45) is 11.2. The third kappa shape index (κ3) is 14.5. The fourth-order valence-corrected chi connectivity index (χ4v) is 13.1. The van der Waals surface area contributed by atoms with Gasteiger partial charge < -0.3 is 59.8 Å². The number of nitrogens with zero attached hydrogens (tertiary/aromatic N) is 8. The van der Waals surface area contributed by atoms with Gasteiger partial charge in [0.2, 0.25) is 23.6 Å². The van der Waals surface area contributed by atoms with Gasteiger partial charge in [-0.25, -0.2) is 4.98 Å². The Morgan fingerprint density at radius 2 is 1.62 bits per heavy atom. The summed E-state index contributed by atoms with van der Waals surface area (Å²) >= 11 is 0. The molecule has 6 unspecified atom stereocenters. The number of hydrogen-bond acceptors (Lipinski definition) is 18. The Hall–Kier alpha value is -7.56. The van der Waals surface area contributed by atoms with E-state index in [9.17, 15) is 24.3 Å². The Morgan fingerprint density at radius 3 is 2.31 bits per heavy atom. The number of fused-ring (bicyclic) bond motifs is 2. The minimum atomic E-state index is -1.47. The minimum Gasteiger partial charge on any atom is -0.488 e. The van der Waals surface area contributed by atoms with E-state index in [-0.39, 0.29) is 61.2 Å². The SMILES string of the molecule is CC(C)C(C(=O)N1CCCC1C)c1cc(OCCN2CCN(CCOc3cc(N4C5CCC4CN(C4=C(N)NNC(c6ccccc6OCc6ccc(NC(=O)C(CCCCN(C)C)NC(=O)C7(C(=O)O)CCC7)cc6)=C4)C5)ccn3)C(C)C2)no1. The number of benzene rings is 2. The summed E-state index contributed by atoms with van der Waals surface area (Å²) in [4.78, 5) is 70.9. The molecule has 3 amide bonds. The lowest BCUT2D eigenvalue weighted by atomic mass is 9.68. The first kappa shape index (κ1) is 61.5. The Morgan fingerprint density at radius 1 is 0.860 bits per heavy atom. The van der Waals surface area contributed by atoms with Crippen LogP contribution in [0.5, 0.6) is 17.5 Å². The summed E-state index contributed by atoms with van der Waals surface area (Å²) in [5.41, 5.74) is 16.9. The van der Waals surface area contributed by atoms with Crippen molar-refractivity contribution in [3.63, 3.8) is 0 Å². The highest BCUT2D eigenvalue weighted by Gasteiger charge is 2.52. The van der Waals surface area contributed by atoms with E-state index >= 15 is 0 Å². The van der Waals surface area contributed by atoms with Crippen molar-refractivity contribution in [2.24, 2.45) is 17.1 Å². The van der Waals surface area contributed by atoms with Crippen LogP contribution in [-0.4, -0.2) is 180 Å². The van der Waals surface area contributed by atoms with E-state index in [0.717, 1.165) is 119 Å². The van der Waals surface area contributed by atoms with Crippen molar-refractivity contribution in [1.82, 2.24) is 50.8 Å². The molecule has 2 aromatic carbocycles. The Bertz CT molecular complexity index is 3040. The molecule has 5 aliphatic heterocycles. The average Bonchev–Trinajstić information content (AvgIpc) is 1.81. The van der Waals surface area contributed by atoms with Crippen molar-refractivity contribution in [2.45, 2.75) is 135 Å². The summed E-state index contributed by atoms with van der Waals surface area (Å²) in [5, 5.41) is 19.8. The highest BCUT2D eigenvalue weighted by molar-refractivity contribution is 6.05. The normalized spacial score (nSPS) is 22.0. The van der Waals surface area contributed by atoms with Gasteiger partial charge in [0.1, 0.15) is 48.8 Å². The zero-order chi connectivity index (χ0) is 60.5. The molecule has 7 N–H and O–H groups in total. The zero-order valence-corrected chi connectivity index (χ0v) is 51.0. The van der Waals surface area contributed by atoms with Crippen LogP contribution in [0.15, 0.2) is 95.0 Å². The van der Waals surface area contributed by atoms with Gasteiger partial charge in [-0.05, 0) is 145 Å². The number of carboxylic acids is 1. The largest absolute Gasteiger partial charge is 0.488 e. The molecule has 10 rings (SSSR count). The number of carbonyl (C=O) groups excluding carboxylic acids is 3. The molecule has 0 spiro atoms. The molecule has 22 heteroatoms. The van der Waals surface area contributed by atoms with Crippen LogP contribution in [0.4, 0.5) is 11.4 Å². The van der Waals surface area contributed by atoms with Crippen LogP contribution >= 0.6 is 0 Å². The molecule has 1 aliphatic carbocycles. The van der Waals surface area contributed by atoms with E-state index in [1.54, 1.807) is 18.2 Å². The van der Waals surface area contributed by atoms with Crippen LogP contribution in [0, 0.1) is 11.3 Å². The Labute approximate surface area is 505 Å². The van der Waals surface area contributed by atoms with Crippen LogP contribution in [0.2, 0.25) is 0 Å². The molecule has 6 aliphatic rings. The molecular formula is C64H89N13O9. The predicted molar refractivity (Wildman–Crippen MR) is 328 cm³/mol. The number of hydrazine groups is 1. The highest BCUT2D eigenvalue weighted by atomic mass is 16.5. The number of ether oxygens (including phenoxy) is 3. The number of carboxylic acid groups (broad SMARTS) is 1. The van der Waals surface area contributed by atoms with Gasteiger partial charge in [-0.2, -0.15) is 0 Å². The molecule has 2 bridgehead atoms. The number of allylic oxidation sites excluding steroid dienone is 1. The Kier molecular flexibility index (Phi) is 19.9. The standard InChI is InChI=1S/C64H89N13O9/c1-42(2)58(61(79)76-28-11-13-43(76)3)55-37-57(71-86-55)84-33-31-73-29-30-74(44(4)38-73)32-34-83-56-35-47(23-26-66-56)77-48-21-22-49(77)40-75(39-48)53-36-52(69-70-59(53)65)50-14-7-8-16-54(50)85-41-45-17-19-46(20-18-45)67-60(78)51(15-9-10-27-72(5)6)68-62(80)64(63(81)82)24-12-25-64/h7-8,14,16-20,23,26,35-37,42-44,48-49,51,58,69-70H,9-13,15,21-22,24-25,27-34,38-41,65H2,1-6H3,(H,67,78)(H,68,80)(H,81,82). The van der Waals surface area contributed by atoms with Gasteiger partial charge in [-0.1, -0.05) is 44.5 Å². The molecule has 22 nitrogen and oxygen atoms in total. The lowest BCUT2D eigenvalue weighted by Crippen LogP contribution is -2.55. The number of anilines is 2. The number of nitrogens with one attached hydrogen (secondary N) is 4. The quantitative estimate of drug-likeness (QED) is 0.0287. The zero-order valence-electron chi connectivity index (χ0n) is 51.0. The van der Waals surface area contributed by atoms with Gasteiger partial charge in [0, 0.05) is 112 Å². The second kappa shape index (κ2) is 27.9. The number of aliphatic carboxylic acids is 1. The van der Waals surface area contributed by atoms with Gasteiger partial charge in [0.05, 0.1) is 11.4 Å². The van der Waals surface area contributed by atoms with Crippen LogP contribution < -0.4 is 46.3 Å². The van der Waals surface area contributed by atoms with E-state index in [1.165, 1.54) is 0 Å². The van der Waals surface area contributed by atoms with Crippen molar-refractivity contribution < 1.29 is 43.0 Å². The van der Waals surface area contributed by atoms with E-state index in [4.69, 9.17) is 24.5 Å². The molecule has 86 heavy (non-hydrogen) atoms. The maximum atomic E-state index is 13.6. The summed E-state index contributed by atoms with van der Waals surface area (Å²) in [5.74, 6) is 0.529. The van der Waals surface area contributed by atoms with Crippen LogP contribution in [0.3, 0.4) is 0 Å². The highest BCUT2D eigenvalue weighted by Crippen LogP contribution is 2.42. The van der Waals surface area contributed by atoms with Crippen molar-refractivity contribution in [3.8, 4) is 17.5 Å². The number of amides is 3. The third-order valence-electron chi connectivity index (χ3n) is 18.3. The maximum Gasteiger partial charge on any atom is 0.319 e. The first-order chi connectivity index (χ1) is 41.5. The molecule has 4 aromatic rings. The van der Waals surface area contributed by atoms with Crippen LogP contribution in [0.1, 0.15) is 115 Å². The van der Waals surface area contributed by atoms with Gasteiger partial charge in [0.15, 0.2) is 5.76 Å². The van der Waals surface area contributed by atoms with Crippen molar-refractivity contribution >= 4 is 40.8 Å². The lowest BCUT2D eigenvalue weighted by Gasteiger charge is -2.44. The van der Waals surface area contributed by atoms with Gasteiger partial charge in [-0.15, -0.1) is 0 Å². The number of para-hydroxylation sites is 1. The molecule has 2 aromatic heterocycles. The molecule has 7 heterocycles. The molecule has 0 radical (unpaired) electrons. The number of piperazine rings is 2. The second-order valence-electron chi connectivity index (χ2n) is 24.9. The fraction of sp³-hybridized carbons (Fsp3) is 0.562. The minimum absolute atomic E-state index is 0.0795. The number of likely N-dealkylation sites (tertiary alicyclic amines) is 2. The molecule has 5 fully saturated rings. The van der Waals surface area contributed by atoms with Crippen LogP contribution in [-0.2, 0) is 25.8 Å². The van der Waals surface area contributed by atoms with E-state index in [1.807, 2.05) is 61.6 Å². The van der Waals surface area contributed by atoms with Gasteiger partial charge in [0.25, 0.3) is 5.88 Å². The molecule has 4 saturated heterocycles. The maximum absolute atomic E-state index is 13.6. The number of aromatic nitrogens is 2. The summed E-state index contributed by atoms with van der Waals surface area (Å²) in [6, 6.07) is 21.4. The molecule has 1 saturated carbocycles. The summed E-state index contributed by atoms with van der Waals surface area (Å²) < 4.78 is 24.6. The number of rotatable bonds is 27. The van der Waals surface area contributed by atoms with E-state index < -0.39 is 23.3 Å². The number of carbonyl (C=O) groups is 4. The van der Waals surface area contributed by atoms with Crippen molar-refractivity contribution in [1.29, 1.82) is 0 Å². The number of pyridine rings is 1. The monoisotopic (exact) mass is 1180 g/mol. The van der Waals surface area contributed by atoms with E-state index in [2.05, 4.69) is 102 Å². The molecular weight excluding hydrogens is 1090 g/mol. The second-order valence-corrected chi connectivity index (χ2v) is 24.9.